The number of benzene rings is 2. The highest BCUT2D eigenvalue weighted by Crippen LogP contribution is 2.28. The topological polar surface area (TPSA) is 130 Å². The molecule has 0 radical (unpaired) electrons. The Bertz CT molecular complexity index is 754. The molecule has 0 atom stereocenters. The van der Waals surface area contributed by atoms with Crippen LogP contribution in [0.2, 0.25) is 0 Å². The molecule has 2 aromatic rings. The standard InChI is InChI=1S/C14H10N2O6/c17-13(18)8-1-4-10(5-2-8)15-11-6-3-9(14(19)20)7-12(11)16(21)22/h1-7,15H,(H,17,18)(H,19,20). The summed E-state index contributed by atoms with van der Waals surface area (Å²) < 4.78 is 0. The number of nitrogens with one attached hydrogen (secondary N) is 1. The van der Waals surface area contributed by atoms with Crippen LogP contribution >= 0.6 is 0 Å². The number of carbonyl (C=O) groups is 2. The quantitative estimate of drug-likeness (QED) is 0.571. The molecule has 2 rings (SSSR count). The summed E-state index contributed by atoms with van der Waals surface area (Å²) in [6.45, 7) is 0. The largest absolute Gasteiger partial charge is 0.478 e. The second kappa shape index (κ2) is 5.92. The lowest BCUT2D eigenvalue weighted by Crippen LogP contribution is -2.02. The highest BCUT2D eigenvalue weighted by Gasteiger charge is 2.17. The molecule has 0 bridgehead atoms. The van der Waals surface area contributed by atoms with Crippen LogP contribution in [0.4, 0.5) is 17.1 Å². The van der Waals surface area contributed by atoms with Crippen molar-refractivity contribution in [3.8, 4) is 0 Å². The van der Waals surface area contributed by atoms with Crippen LogP contribution < -0.4 is 5.32 Å². The fourth-order valence-electron chi connectivity index (χ4n) is 1.77. The van der Waals surface area contributed by atoms with Crippen molar-refractivity contribution in [2.24, 2.45) is 0 Å². The second-order valence-corrected chi connectivity index (χ2v) is 4.30. The number of carboxylic acids is 2. The molecule has 22 heavy (non-hydrogen) atoms. The Labute approximate surface area is 123 Å². The molecule has 3 N–H and O–H groups in total. The zero-order valence-corrected chi connectivity index (χ0v) is 11.0. The van der Waals surface area contributed by atoms with Crippen molar-refractivity contribution in [2.75, 3.05) is 5.32 Å². The summed E-state index contributed by atoms with van der Waals surface area (Å²) in [7, 11) is 0. The van der Waals surface area contributed by atoms with Gasteiger partial charge in [0.2, 0.25) is 0 Å². The van der Waals surface area contributed by atoms with Gasteiger partial charge < -0.3 is 15.5 Å². The molecule has 0 aliphatic rings. The fraction of sp³-hybridized carbons (Fsp3) is 0. The molecule has 0 amide bonds. The van der Waals surface area contributed by atoms with Crippen molar-refractivity contribution in [3.05, 3.63) is 63.7 Å². The lowest BCUT2D eigenvalue weighted by Gasteiger charge is -2.08. The SMILES string of the molecule is O=C(O)c1ccc(Nc2ccc(C(=O)O)cc2[N+](=O)[O-])cc1. The highest BCUT2D eigenvalue weighted by molar-refractivity contribution is 5.90. The number of carboxylic acid groups (broad SMARTS) is 2. The summed E-state index contributed by atoms with van der Waals surface area (Å²) in [6.07, 6.45) is 0. The van der Waals surface area contributed by atoms with Crippen molar-refractivity contribution in [2.45, 2.75) is 0 Å². The number of nitro benzene ring substituents is 1. The maximum absolute atomic E-state index is 11.0. The number of nitro groups is 1. The first-order chi connectivity index (χ1) is 10.4. The third-order valence-corrected chi connectivity index (χ3v) is 2.85. The maximum atomic E-state index is 11.0. The summed E-state index contributed by atoms with van der Waals surface area (Å²) in [4.78, 5) is 31.9. The number of hydrogen-bond acceptors (Lipinski definition) is 5. The smallest absolute Gasteiger partial charge is 0.335 e. The van der Waals surface area contributed by atoms with Crippen LogP contribution in [0.25, 0.3) is 0 Å². The first-order valence-electron chi connectivity index (χ1n) is 6.00. The van der Waals surface area contributed by atoms with Crippen LogP contribution in [0, 0.1) is 10.1 Å². The molecule has 2 aromatic carbocycles. The van der Waals surface area contributed by atoms with Crippen molar-refractivity contribution in [1.29, 1.82) is 0 Å². The van der Waals surface area contributed by atoms with E-state index in [0.717, 1.165) is 6.07 Å². The molecule has 0 aliphatic carbocycles. The zero-order valence-electron chi connectivity index (χ0n) is 11.0. The van der Waals surface area contributed by atoms with Gasteiger partial charge in [-0.05, 0) is 36.4 Å². The van der Waals surface area contributed by atoms with E-state index < -0.39 is 16.9 Å². The van der Waals surface area contributed by atoms with Gasteiger partial charge in [-0.1, -0.05) is 0 Å². The molecule has 0 fully saturated rings. The minimum Gasteiger partial charge on any atom is -0.478 e. The molecule has 0 saturated heterocycles. The van der Waals surface area contributed by atoms with Crippen LogP contribution in [-0.2, 0) is 0 Å². The van der Waals surface area contributed by atoms with Gasteiger partial charge in [0, 0.05) is 11.8 Å². The summed E-state index contributed by atoms with van der Waals surface area (Å²) in [6, 6.07) is 9.09. The van der Waals surface area contributed by atoms with Gasteiger partial charge in [-0.3, -0.25) is 10.1 Å². The zero-order chi connectivity index (χ0) is 16.3. The predicted molar refractivity (Wildman–Crippen MR) is 76.7 cm³/mol. The maximum Gasteiger partial charge on any atom is 0.335 e. The van der Waals surface area contributed by atoms with E-state index in [0.29, 0.717) is 5.69 Å². The summed E-state index contributed by atoms with van der Waals surface area (Å²) in [5, 5.41) is 31.4. The Morgan fingerprint density at radius 2 is 1.50 bits per heavy atom. The predicted octanol–water partition coefficient (Wildman–Crippen LogP) is 2.73. The molecule has 0 heterocycles. The molecule has 112 valence electrons. The second-order valence-electron chi connectivity index (χ2n) is 4.30. The van der Waals surface area contributed by atoms with E-state index in [2.05, 4.69) is 5.32 Å². The average Bonchev–Trinajstić information content (AvgIpc) is 2.47. The molecule has 8 nitrogen and oxygen atoms in total. The lowest BCUT2D eigenvalue weighted by molar-refractivity contribution is -0.383. The van der Waals surface area contributed by atoms with E-state index in [1.54, 1.807) is 0 Å². The first-order valence-corrected chi connectivity index (χ1v) is 6.00. The third kappa shape index (κ3) is 3.18. The number of nitrogens with zero attached hydrogens (tertiary/aromatic N) is 1. The number of anilines is 2. The van der Waals surface area contributed by atoms with E-state index >= 15 is 0 Å². The van der Waals surface area contributed by atoms with E-state index in [1.807, 2.05) is 0 Å². The summed E-state index contributed by atoms with van der Waals surface area (Å²) in [5.41, 5.74) is 0.0520. The first kappa shape index (κ1) is 15.0. The summed E-state index contributed by atoms with van der Waals surface area (Å²) >= 11 is 0. The van der Waals surface area contributed by atoms with Gasteiger partial charge in [-0.25, -0.2) is 9.59 Å². The Kier molecular flexibility index (Phi) is 4.03. The van der Waals surface area contributed by atoms with Gasteiger partial charge in [0.05, 0.1) is 16.1 Å². The van der Waals surface area contributed by atoms with Crippen LogP contribution in [0.15, 0.2) is 42.5 Å². The Morgan fingerprint density at radius 3 is 2.00 bits per heavy atom. The summed E-state index contributed by atoms with van der Waals surface area (Å²) in [5.74, 6) is -2.34. The van der Waals surface area contributed by atoms with Crippen molar-refractivity contribution in [3.63, 3.8) is 0 Å². The molecule has 0 saturated carbocycles. The molecule has 0 aliphatic heterocycles. The Morgan fingerprint density at radius 1 is 0.955 bits per heavy atom. The Balaban J connectivity index is 2.34. The van der Waals surface area contributed by atoms with E-state index in [4.69, 9.17) is 10.2 Å². The van der Waals surface area contributed by atoms with Gasteiger partial charge in [0.25, 0.3) is 5.69 Å². The van der Waals surface area contributed by atoms with Crippen LogP contribution in [0.1, 0.15) is 20.7 Å². The number of rotatable bonds is 5. The highest BCUT2D eigenvalue weighted by atomic mass is 16.6. The minimum atomic E-state index is -1.26. The van der Waals surface area contributed by atoms with Gasteiger partial charge in [-0.15, -0.1) is 0 Å². The average molecular weight is 302 g/mol. The van der Waals surface area contributed by atoms with Crippen LogP contribution in [0.5, 0.6) is 0 Å². The molecule has 0 spiro atoms. The van der Waals surface area contributed by atoms with Crippen LogP contribution in [-0.4, -0.2) is 27.1 Å². The monoisotopic (exact) mass is 302 g/mol. The molecular weight excluding hydrogens is 292 g/mol. The Hall–Kier alpha value is -3.42. The van der Waals surface area contributed by atoms with Crippen molar-refractivity contribution >= 4 is 29.0 Å². The van der Waals surface area contributed by atoms with Crippen LogP contribution in [0.3, 0.4) is 0 Å². The lowest BCUT2D eigenvalue weighted by atomic mass is 10.1. The van der Waals surface area contributed by atoms with E-state index in [9.17, 15) is 19.7 Å². The third-order valence-electron chi connectivity index (χ3n) is 2.85. The molecule has 0 unspecified atom stereocenters. The van der Waals surface area contributed by atoms with Gasteiger partial charge in [-0.2, -0.15) is 0 Å². The van der Waals surface area contributed by atoms with Gasteiger partial charge in [0.1, 0.15) is 5.69 Å². The normalized spacial score (nSPS) is 10.0. The molecule has 8 heteroatoms. The van der Waals surface area contributed by atoms with Crippen molar-refractivity contribution < 1.29 is 24.7 Å². The minimum absolute atomic E-state index is 0.0845. The van der Waals surface area contributed by atoms with Crippen molar-refractivity contribution in [1.82, 2.24) is 0 Å². The van der Waals surface area contributed by atoms with Gasteiger partial charge >= 0.3 is 11.9 Å². The fourth-order valence-corrected chi connectivity index (χ4v) is 1.77. The van der Waals surface area contributed by atoms with E-state index in [1.165, 1.54) is 36.4 Å². The number of aromatic carboxylic acids is 2. The molecule has 0 aromatic heterocycles. The number of hydrogen-bond donors (Lipinski definition) is 3. The van der Waals surface area contributed by atoms with Gasteiger partial charge in [0.15, 0.2) is 0 Å². The molecular formula is C14H10N2O6. The van der Waals surface area contributed by atoms with E-state index in [-0.39, 0.29) is 22.5 Å².